The predicted molar refractivity (Wildman–Crippen MR) is 74.2 cm³/mol. The lowest BCUT2D eigenvalue weighted by molar-refractivity contribution is -0.910. The highest BCUT2D eigenvalue weighted by molar-refractivity contribution is 6.21. The van der Waals surface area contributed by atoms with Gasteiger partial charge in [-0.15, -0.1) is 0 Å². The van der Waals surface area contributed by atoms with Crippen LogP contribution in [0.3, 0.4) is 0 Å². The van der Waals surface area contributed by atoms with E-state index in [1.807, 2.05) is 0 Å². The van der Waals surface area contributed by atoms with Gasteiger partial charge in [0.2, 0.25) is 0 Å². The van der Waals surface area contributed by atoms with E-state index in [4.69, 9.17) is 4.74 Å². The number of amides is 2. The first-order valence-corrected chi connectivity index (χ1v) is 7.21. The molecule has 1 aromatic rings. The molecule has 0 bridgehead atoms. The van der Waals surface area contributed by atoms with Crippen molar-refractivity contribution in [3.05, 3.63) is 35.4 Å². The molecule has 2 N–H and O–H groups in total. The first-order valence-electron chi connectivity index (χ1n) is 7.21. The van der Waals surface area contributed by atoms with Crippen molar-refractivity contribution in [2.75, 3.05) is 39.4 Å². The third-order valence-electron chi connectivity index (χ3n) is 4.00. The lowest BCUT2D eigenvalue weighted by atomic mass is 10.1. The number of fused-ring (bicyclic) bond motifs is 1. The molecule has 1 aromatic carbocycles. The van der Waals surface area contributed by atoms with E-state index in [2.05, 4.69) is 0 Å². The summed E-state index contributed by atoms with van der Waals surface area (Å²) in [6.07, 6.45) is -0.708. The molecule has 112 valence electrons. The summed E-state index contributed by atoms with van der Waals surface area (Å²) in [7, 11) is 0. The number of rotatable bonds is 4. The summed E-state index contributed by atoms with van der Waals surface area (Å²) in [5.41, 5.74) is 0.849. The third-order valence-corrected chi connectivity index (χ3v) is 4.00. The fraction of sp³-hybridized carbons (Fsp3) is 0.467. The van der Waals surface area contributed by atoms with Gasteiger partial charge in [-0.2, -0.15) is 0 Å². The van der Waals surface area contributed by atoms with E-state index < -0.39 is 6.10 Å². The van der Waals surface area contributed by atoms with Crippen molar-refractivity contribution >= 4 is 11.8 Å². The number of aliphatic hydroxyl groups excluding tert-OH is 1. The molecule has 1 fully saturated rings. The van der Waals surface area contributed by atoms with Gasteiger partial charge >= 0.3 is 0 Å². The Morgan fingerprint density at radius 1 is 1.14 bits per heavy atom. The highest BCUT2D eigenvalue weighted by Gasteiger charge is 2.36. The van der Waals surface area contributed by atoms with Crippen LogP contribution >= 0.6 is 0 Å². The maximum Gasteiger partial charge on any atom is 0.261 e. The fourth-order valence-corrected chi connectivity index (χ4v) is 2.88. The molecular formula is C15H19N2O4+. The molecule has 6 nitrogen and oxygen atoms in total. The maximum absolute atomic E-state index is 12.2. The molecule has 2 heterocycles. The van der Waals surface area contributed by atoms with Crippen LogP contribution in [0.2, 0.25) is 0 Å². The van der Waals surface area contributed by atoms with Crippen LogP contribution in [0.15, 0.2) is 24.3 Å². The molecule has 0 saturated carbocycles. The van der Waals surface area contributed by atoms with Gasteiger partial charge in [-0.1, -0.05) is 12.1 Å². The van der Waals surface area contributed by atoms with E-state index in [0.717, 1.165) is 18.0 Å². The molecule has 2 aliphatic heterocycles. The average Bonchev–Trinajstić information content (AvgIpc) is 2.74. The Hall–Kier alpha value is -1.76. The van der Waals surface area contributed by atoms with Gasteiger partial charge in [-0.3, -0.25) is 14.5 Å². The minimum atomic E-state index is -0.708. The molecule has 1 atom stereocenters. The number of benzene rings is 1. The topological polar surface area (TPSA) is 71.3 Å². The number of aliphatic hydroxyl groups is 1. The Morgan fingerprint density at radius 2 is 1.71 bits per heavy atom. The van der Waals surface area contributed by atoms with Crippen molar-refractivity contribution < 1.29 is 24.3 Å². The Balaban J connectivity index is 1.63. The minimum absolute atomic E-state index is 0.0523. The van der Waals surface area contributed by atoms with Crippen LogP contribution in [0.1, 0.15) is 20.7 Å². The Labute approximate surface area is 122 Å². The Bertz CT molecular complexity index is 519. The smallest absolute Gasteiger partial charge is 0.261 e. The number of hydrogen-bond acceptors (Lipinski definition) is 4. The number of carbonyl (C=O) groups is 2. The maximum atomic E-state index is 12.2. The van der Waals surface area contributed by atoms with E-state index in [-0.39, 0.29) is 18.4 Å². The fourth-order valence-electron chi connectivity index (χ4n) is 2.88. The standard InChI is InChI=1S/C15H18N2O4/c18-11(9-16-5-7-21-8-6-16)10-17-14(19)12-3-1-2-4-13(12)15(17)20/h1-4,11,18H,5-10H2/p+1/t11-/m1/s1. The highest BCUT2D eigenvalue weighted by Crippen LogP contribution is 2.22. The zero-order valence-corrected chi connectivity index (χ0v) is 11.7. The summed E-state index contributed by atoms with van der Waals surface area (Å²) in [5.74, 6) is -0.627. The van der Waals surface area contributed by atoms with Crippen LogP contribution < -0.4 is 4.90 Å². The van der Waals surface area contributed by atoms with Crippen LogP contribution in [-0.2, 0) is 4.74 Å². The van der Waals surface area contributed by atoms with Crippen LogP contribution in [0.25, 0.3) is 0 Å². The van der Waals surface area contributed by atoms with E-state index >= 15 is 0 Å². The predicted octanol–water partition coefficient (Wildman–Crippen LogP) is -1.44. The number of imide groups is 1. The molecule has 2 amide bonds. The molecule has 21 heavy (non-hydrogen) atoms. The average molecular weight is 291 g/mol. The molecule has 0 unspecified atom stereocenters. The third kappa shape index (κ3) is 2.83. The first kappa shape index (κ1) is 14.2. The number of hydrogen-bond donors (Lipinski definition) is 2. The zero-order chi connectivity index (χ0) is 14.8. The van der Waals surface area contributed by atoms with Gasteiger partial charge in [0.15, 0.2) is 0 Å². The lowest BCUT2D eigenvalue weighted by Crippen LogP contribution is -3.15. The normalized spacial score (nSPS) is 20.7. The van der Waals surface area contributed by atoms with Crippen molar-refractivity contribution in [3.63, 3.8) is 0 Å². The molecule has 2 aliphatic rings. The van der Waals surface area contributed by atoms with Crippen LogP contribution in [0, 0.1) is 0 Å². The number of quaternary nitrogens is 1. The molecule has 0 spiro atoms. The first-order chi connectivity index (χ1) is 10.2. The number of nitrogens with one attached hydrogen (secondary N) is 1. The van der Waals surface area contributed by atoms with Gasteiger partial charge in [-0.05, 0) is 12.1 Å². The van der Waals surface area contributed by atoms with Crippen molar-refractivity contribution in [3.8, 4) is 0 Å². The number of β-amino-alcohol motifs (C(OH)–C–C–N with tert-alkyl or cyclic N) is 1. The number of ether oxygens (including phenoxy) is 1. The van der Waals surface area contributed by atoms with Crippen LogP contribution in [-0.4, -0.2) is 67.3 Å². The molecule has 3 rings (SSSR count). The molecule has 0 radical (unpaired) electrons. The second-order valence-corrected chi connectivity index (χ2v) is 5.49. The van der Waals surface area contributed by atoms with Crippen LogP contribution in [0.4, 0.5) is 0 Å². The van der Waals surface area contributed by atoms with Crippen molar-refractivity contribution in [2.24, 2.45) is 0 Å². The number of nitrogens with zero attached hydrogens (tertiary/aromatic N) is 1. The molecule has 1 saturated heterocycles. The molecular weight excluding hydrogens is 272 g/mol. The SMILES string of the molecule is O=C1c2ccccc2C(=O)N1C[C@H](O)C[NH+]1CCOCC1. The monoisotopic (exact) mass is 291 g/mol. The van der Waals surface area contributed by atoms with Crippen molar-refractivity contribution in [2.45, 2.75) is 6.10 Å². The lowest BCUT2D eigenvalue weighted by Gasteiger charge is -2.27. The molecule has 6 heteroatoms. The van der Waals surface area contributed by atoms with Gasteiger partial charge in [-0.25, -0.2) is 0 Å². The quantitative estimate of drug-likeness (QED) is 0.667. The summed E-state index contributed by atoms with van der Waals surface area (Å²) in [6, 6.07) is 6.77. The molecule has 0 aromatic heterocycles. The Morgan fingerprint density at radius 3 is 2.29 bits per heavy atom. The van der Waals surface area contributed by atoms with Crippen molar-refractivity contribution in [1.29, 1.82) is 0 Å². The number of carbonyl (C=O) groups excluding carboxylic acids is 2. The van der Waals surface area contributed by atoms with Crippen LogP contribution in [0.5, 0.6) is 0 Å². The summed E-state index contributed by atoms with van der Waals surface area (Å²) in [4.78, 5) is 26.8. The summed E-state index contributed by atoms with van der Waals surface area (Å²) >= 11 is 0. The largest absolute Gasteiger partial charge is 0.385 e. The highest BCUT2D eigenvalue weighted by atomic mass is 16.5. The summed E-state index contributed by atoms with van der Waals surface area (Å²) in [5, 5.41) is 10.2. The van der Waals surface area contributed by atoms with Gasteiger partial charge in [0.1, 0.15) is 25.7 Å². The van der Waals surface area contributed by atoms with E-state index in [1.54, 1.807) is 24.3 Å². The second kappa shape index (κ2) is 5.93. The van der Waals surface area contributed by atoms with Crippen molar-refractivity contribution in [1.82, 2.24) is 4.90 Å². The number of morpholine rings is 1. The van der Waals surface area contributed by atoms with E-state index in [1.165, 1.54) is 4.90 Å². The molecule has 0 aliphatic carbocycles. The minimum Gasteiger partial charge on any atom is -0.385 e. The van der Waals surface area contributed by atoms with Gasteiger partial charge in [0.05, 0.1) is 30.9 Å². The summed E-state index contributed by atoms with van der Waals surface area (Å²) < 4.78 is 5.27. The van der Waals surface area contributed by atoms with E-state index in [0.29, 0.717) is 30.9 Å². The zero-order valence-electron chi connectivity index (χ0n) is 11.7. The van der Waals surface area contributed by atoms with Gasteiger partial charge in [0, 0.05) is 0 Å². The Kier molecular flexibility index (Phi) is 4.01. The summed E-state index contributed by atoms with van der Waals surface area (Å²) in [6.45, 7) is 3.65. The van der Waals surface area contributed by atoms with Gasteiger partial charge in [0.25, 0.3) is 11.8 Å². The van der Waals surface area contributed by atoms with Gasteiger partial charge < -0.3 is 14.7 Å². The second-order valence-electron chi connectivity index (χ2n) is 5.49. The van der Waals surface area contributed by atoms with E-state index in [9.17, 15) is 14.7 Å².